The SMILES string of the molecule is C=C[C@H]1C=C[C@H]2[C@@H]3C[C@H](C)CC[C@H]3[C@@H]3Oc4ccc(cc4)C[C@H](CI)OC(=O)CC(=O)[C@@H]1[C@H]23. The van der Waals surface area contributed by atoms with Gasteiger partial charge in [0, 0.05) is 28.6 Å². The number of hydrogen-bond donors (Lipinski definition) is 0. The lowest BCUT2D eigenvalue weighted by atomic mass is 9.66. The monoisotopic (exact) mass is 560 g/mol. The largest absolute Gasteiger partial charge is 0.490 e. The summed E-state index contributed by atoms with van der Waals surface area (Å²) in [4.78, 5) is 26.5. The molecule has 9 atom stereocenters. The van der Waals surface area contributed by atoms with Gasteiger partial charge in [0.2, 0.25) is 0 Å². The number of esters is 1. The summed E-state index contributed by atoms with van der Waals surface area (Å²) < 4.78 is 13.2. The minimum atomic E-state index is -0.411. The second kappa shape index (κ2) is 9.55. The van der Waals surface area contributed by atoms with Crippen molar-refractivity contribution >= 4 is 34.3 Å². The topological polar surface area (TPSA) is 52.6 Å². The Morgan fingerprint density at radius 1 is 1.09 bits per heavy atom. The maximum atomic E-state index is 13.7. The molecular weight excluding hydrogens is 527 g/mol. The Morgan fingerprint density at radius 2 is 1.88 bits per heavy atom. The minimum Gasteiger partial charge on any atom is -0.490 e. The quantitative estimate of drug-likeness (QED) is 0.156. The van der Waals surface area contributed by atoms with E-state index in [9.17, 15) is 9.59 Å². The van der Waals surface area contributed by atoms with Crippen molar-refractivity contribution in [2.75, 3.05) is 4.43 Å². The van der Waals surface area contributed by atoms with E-state index in [0.717, 1.165) is 17.7 Å². The fraction of sp³-hybridized carbons (Fsp3) is 0.571. The highest BCUT2D eigenvalue weighted by molar-refractivity contribution is 14.1. The molecule has 3 aliphatic carbocycles. The minimum absolute atomic E-state index is 0.0253. The van der Waals surface area contributed by atoms with E-state index in [0.29, 0.717) is 34.5 Å². The van der Waals surface area contributed by atoms with Gasteiger partial charge in [0.15, 0.2) is 0 Å². The number of rotatable bonds is 2. The predicted molar refractivity (Wildman–Crippen MR) is 136 cm³/mol. The molecule has 2 fully saturated rings. The number of benzene rings is 1. The maximum absolute atomic E-state index is 13.7. The van der Waals surface area contributed by atoms with Gasteiger partial charge in [-0.1, -0.05) is 66.3 Å². The predicted octanol–water partition coefficient (Wildman–Crippen LogP) is 5.58. The third-order valence-electron chi connectivity index (χ3n) is 8.43. The Bertz CT molecular complexity index is 938. The van der Waals surface area contributed by atoms with Gasteiger partial charge in [0.25, 0.3) is 0 Å². The molecule has 1 aromatic carbocycles. The van der Waals surface area contributed by atoms with Gasteiger partial charge in [-0.15, -0.1) is 6.58 Å². The molecule has 0 saturated heterocycles. The van der Waals surface area contributed by atoms with Crippen LogP contribution in [0.5, 0.6) is 5.75 Å². The fourth-order valence-corrected chi connectivity index (χ4v) is 7.49. The summed E-state index contributed by atoms with van der Waals surface area (Å²) in [5, 5.41) is 0. The van der Waals surface area contributed by atoms with E-state index in [2.05, 4.69) is 60.4 Å². The van der Waals surface area contributed by atoms with Crippen molar-refractivity contribution in [2.45, 2.75) is 51.2 Å². The normalized spacial score (nSPS) is 40.2. The second-order valence-corrected chi connectivity index (χ2v) is 11.3. The number of allylic oxidation sites excluding steroid dienone is 3. The third kappa shape index (κ3) is 4.42. The van der Waals surface area contributed by atoms with Crippen LogP contribution in [-0.2, 0) is 20.7 Å². The van der Waals surface area contributed by atoms with Gasteiger partial charge >= 0.3 is 5.97 Å². The molecule has 33 heavy (non-hydrogen) atoms. The molecule has 2 aliphatic heterocycles. The standard InChI is InChI=1S/C28H33IO4/c1-3-18-7-11-21-23-12-16(2)4-10-22(23)28-27(21)26(18)24(30)14-25(31)32-20(15-29)13-17-5-8-19(33-28)9-6-17/h3,5-9,11,16,18,20-23,26-28H,1,4,10,12-15H2,2H3/t16-,18+,20-,21+,22-,23+,26-,27+,28+/m1/s1. The zero-order valence-electron chi connectivity index (χ0n) is 19.2. The molecule has 6 rings (SSSR count). The van der Waals surface area contributed by atoms with E-state index in [1.807, 2.05) is 18.2 Å². The van der Waals surface area contributed by atoms with Crippen LogP contribution in [-0.4, -0.2) is 28.4 Å². The molecule has 0 amide bonds. The molecule has 4 nitrogen and oxygen atoms in total. The lowest BCUT2D eigenvalue weighted by Gasteiger charge is -2.38. The smallest absolute Gasteiger partial charge is 0.313 e. The van der Waals surface area contributed by atoms with E-state index in [-0.39, 0.29) is 42.2 Å². The van der Waals surface area contributed by atoms with Crippen LogP contribution in [0.4, 0.5) is 0 Å². The van der Waals surface area contributed by atoms with Gasteiger partial charge in [-0.25, -0.2) is 0 Å². The molecule has 0 unspecified atom stereocenters. The van der Waals surface area contributed by atoms with Crippen molar-refractivity contribution in [1.29, 1.82) is 0 Å². The number of ketones is 1. The van der Waals surface area contributed by atoms with Crippen molar-refractivity contribution in [3.05, 3.63) is 54.6 Å². The van der Waals surface area contributed by atoms with Crippen molar-refractivity contribution in [3.8, 4) is 5.75 Å². The highest BCUT2D eigenvalue weighted by atomic mass is 127. The van der Waals surface area contributed by atoms with Crippen LogP contribution < -0.4 is 4.74 Å². The Hall–Kier alpha value is -1.63. The summed E-state index contributed by atoms with van der Waals surface area (Å²) in [6.07, 6.45) is 10.1. The van der Waals surface area contributed by atoms with E-state index in [1.165, 1.54) is 12.8 Å². The van der Waals surface area contributed by atoms with E-state index in [4.69, 9.17) is 9.47 Å². The van der Waals surface area contributed by atoms with Crippen molar-refractivity contribution in [3.63, 3.8) is 0 Å². The third-order valence-corrected chi connectivity index (χ3v) is 9.42. The van der Waals surface area contributed by atoms with E-state index >= 15 is 0 Å². The first-order valence-electron chi connectivity index (χ1n) is 12.3. The van der Waals surface area contributed by atoms with Gasteiger partial charge in [0.1, 0.15) is 30.2 Å². The number of halogens is 1. The fourth-order valence-electron chi connectivity index (χ4n) is 7.00. The van der Waals surface area contributed by atoms with Crippen LogP contribution in [0.25, 0.3) is 0 Å². The highest BCUT2D eigenvalue weighted by Crippen LogP contribution is 2.57. The molecule has 176 valence electrons. The first-order valence-corrected chi connectivity index (χ1v) is 13.9. The number of carbonyl (C=O) groups is 2. The first-order chi connectivity index (χ1) is 16.0. The maximum Gasteiger partial charge on any atom is 0.313 e. The van der Waals surface area contributed by atoms with Gasteiger partial charge < -0.3 is 9.47 Å². The average Bonchev–Trinajstić information content (AvgIpc) is 3.11. The van der Waals surface area contributed by atoms with Crippen molar-refractivity contribution in [2.24, 2.45) is 41.4 Å². The summed E-state index contributed by atoms with van der Waals surface area (Å²) in [5.41, 5.74) is 1.11. The number of hydrogen-bond acceptors (Lipinski definition) is 4. The molecule has 0 radical (unpaired) electrons. The van der Waals surface area contributed by atoms with Gasteiger partial charge in [-0.05, 0) is 54.2 Å². The lowest BCUT2D eigenvalue weighted by Crippen LogP contribution is -2.43. The Kier molecular flexibility index (Phi) is 6.69. The van der Waals surface area contributed by atoms with Crippen LogP contribution in [0.1, 0.15) is 38.2 Å². The average molecular weight is 560 g/mol. The van der Waals surface area contributed by atoms with Crippen LogP contribution in [0, 0.1) is 41.4 Å². The number of ether oxygens (including phenoxy) is 2. The first kappa shape index (κ1) is 23.1. The van der Waals surface area contributed by atoms with Crippen LogP contribution in [0.3, 0.4) is 0 Å². The molecule has 5 heteroatoms. The van der Waals surface area contributed by atoms with Gasteiger partial charge in [-0.2, -0.15) is 0 Å². The molecule has 0 aromatic heterocycles. The van der Waals surface area contributed by atoms with Crippen LogP contribution in [0.2, 0.25) is 0 Å². The molecule has 2 bridgehead atoms. The number of Topliss-reactive ketones (excluding diaryl/α,β-unsaturated/α-hetero) is 1. The molecule has 2 heterocycles. The number of alkyl halides is 1. The summed E-state index contributed by atoms with van der Waals surface area (Å²) in [6.45, 7) is 6.37. The molecule has 0 spiro atoms. The van der Waals surface area contributed by atoms with E-state index in [1.54, 1.807) is 0 Å². The lowest BCUT2D eigenvalue weighted by molar-refractivity contribution is -0.151. The molecule has 0 N–H and O–H groups in total. The molecular formula is C28H33IO4. The number of fused-ring (bicyclic) bond motifs is 9. The molecule has 5 aliphatic rings. The molecule has 2 saturated carbocycles. The Balaban J connectivity index is 1.57. The highest BCUT2D eigenvalue weighted by Gasteiger charge is 2.58. The van der Waals surface area contributed by atoms with E-state index < -0.39 is 5.97 Å². The molecule has 1 aromatic rings. The summed E-state index contributed by atoms with van der Waals surface area (Å²) in [6, 6.07) is 8.25. The Morgan fingerprint density at radius 3 is 2.61 bits per heavy atom. The Labute approximate surface area is 210 Å². The zero-order chi connectivity index (χ0) is 23.1. The van der Waals surface area contributed by atoms with Crippen molar-refractivity contribution < 1.29 is 19.1 Å². The summed E-state index contributed by atoms with van der Waals surface area (Å²) >= 11 is 2.24. The summed E-state index contributed by atoms with van der Waals surface area (Å²) in [5.74, 6) is 2.07. The van der Waals surface area contributed by atoms with Gasteiger partial charge in [-0.3, -0.25) is 9.59 Å². The zero-order valence-corrected chi connectivity index (χ0v) is 21.4. The van der Waals surface area contributed by atoms with Gasteiger partial charge in [0.05, 0.1) is 0 Å². The summed E-state index contributed by atoms with van der Waals surface area (Å²) in [7, 11) is 0. The van der Waals surface area contributed by atoms with Crippen molar-refractivity contribution in [1.82, 2.24) is 0 Å². The second-order valence-electron chi connectivity index (χ2n) is 10.5. The van der Waals surface area contributed by atoms with Crippen LogP contribution >= 0.6 is 22.6 Å². The van der Waals surface area contributed by atoms with Crippen LogP contribution in [0.15, 0.2) is 49.1 Å². The number of carbonyl (C=O) groups excluding carboxylic acids is 2.